The standard InChI is InChI=1S/C21H21F2N3O2S/c1-10-9-26(12(3)11(2)25-10)21(28)16-5-13(4-14-8-24-29-20(14)16)19-17(22)6-15(27)7-18(19)23/h4-8,10-12,25,27H,9H2,1-3H3/t10-,11+,12-/m1/s1. The SMILES string of the molecule is C[C@@H]1CN(C(=O)c2cc(-c3c(F)cc(O)cc3F)cc3cnsc23)[C@H](C)[C@H](C)N1. The Hall–Kier alpha value is -2.58. The van der Waals surface area contributed by atoms with Crippen LogP contribution in [0, 0.1) is 11.6 Å². The molecule has 0 aliphatic carbocycles. The highest BCUT2D eigenvalue weighted by atomic mass is 32.1. The van der Waals surface area contributed by atoms with Crippen LogP contribution >= 0.6 is 11.5 Å². The van der Waals surface area contributed by atoms with Crippen LogP contribution in [-0.4, -0.2) is 45.0 Å². The molecule has 0 radical (unpaired) electrons. The number of rotatable bonds is 2. The minimum atomic E-state index is -0.888. The van der Waals surface area contributed by atoms with E-state index in [0.717, 1.165) is 12.1 Å². The van der Waals surface area contributed by atoms with Gasteiger partial charge in [0.2, 0.25) is 0 Å². The quantitative estimate of drug-likeness (QED) is 0.657. The molecule has 1 aliphatic heterocycles. The molecule has 2 aromatic carbocycles. The van der Waals surface area contributed by atoms with Crippen molar-refractivity contribution in [2.24, 2.45) is 0 Å². The predicted octanol–water partition coefficient (Wildman–Crippen LogP) is 4.16. The van der Waals surface area contributed by atoms with Crippen LogP contribution in [0.25, 0.3) is 21.2 Å². The molecule has 8 heteroatoms. The van der Waals surface area contributed by atoms with Gasteiger partial charge in [0.1, 0.15) is 17.4 Å². The second kappa shape index (κ2) is 7.35. The van der Waals surface area contributed by atoms with E-state index < -0.39 is 17.4 Å². The van der Waals surface area contributed by atoms with Crippen molar-refractivity contribution in [1.82, 2.24) is 14.6 Å². The first-order chi connectivity index (χ1) is 13.8. The van der Waals surface area contributed by atoms with Crippen LogP contribution < -0.4 is 5.32 Å². The van der Waals surface area contributed by atoms with Gasteiger partial charge in [0.15, 0.2) is 0 Å². The topological polar surface area (TPSA) is 65.5 Å². The lowest BCUT2D eigenvalue weighted by molar-refractivity contribution is 0.0550. The van der Waals surface area contributed by atoms with Crippen molar-refractivity contribution in [2.45, 2.75) is 38.9 Å². The number of benzene rings is 2. The fourth-order valence-corrected chi connectivity index (χ4v) is 4.65. The average Bonchev–Trinajstić information content (AvgIpc) is 3.11. The highest BCUT2D eigenvalue weighted by Crippen LogP contribution is 2.35. The Morgan fingerprint density at radius 3 is 2.59 bits per heavy atom. The van der Waals surface area contributed by atoms with Crippen molar-refractivity contribution in [3.63, 3.8) is 0 Å². The van der Waals surface area contributed by atoms with E-state index in [1.165, 1.54) is 17.6 Å². The summed E-state index contributed by atoms with van der Waals surface area (Å²) < 4.78 is 33.8. The van der Waals surface area contributed by atoms with E-state index in [-0.39, 0.29) is 35.2 Å². The van der Waals surface area contributed by atoms with Gasteiger partial charge in [0.25, 0.3) is 5.91 Å². The molecule has 1 fully saturated rings. The van der Waals surface area contributed by atoms with E-state index in [2.05, 4.69) is 9.69 Å². The van der Waals surface area contributed by atoms with Gasteiger partial charge in [0.05, 0.1) is 15.8 Å². The molecular formula is C21H21F2N3O2S. The normalized spacial score (nSPS) is 22.2. The summed E-state index contributed by atoms with van der Waals surface area (Å²) in [5, 5.41) is 13.5. The zero-order chi connectivity index (χ0) is 20.9. The summed E-state index contributed by atoms with van der Waals surface area (Å²) >= 11 is 1.18. The van der Waals surface area contributed by atoms with Crippen LogP contribution in [-0.2, 0) is 0 Å². The van der Waals surface area contributed by atoms with Gasteiger partial charge in [-0.25, -0.2) is 8.78 Å². The van der Waals surface area contributed by atoms with E-state index in [0.29, 0.717) is 22.2 Å². The zero-order valence-corrected chi connectivity index (χ0v) is 17.1. The van der Waals surface area contributed by atoms with Gasteiger partial charge in [0, 0.05) is 48.4 Å². The maximum atomic E-state index is 14.5. The zero-order valence-electron chi connectivity index (χ0n) is 16.2. The Kier molecular flexibility index (Phi) is 5.00. The molecule has 152 valence electrons. The monoisotopic (exact) mass is 417 g/mol. The van der Waals surface area contributed by atoms with Crippen LogP contribution in [0.2, 0.25) is 0 Å². The van der Waals surface area contributed by atoms with Crippen molar-refractivity contribution in [3.8, 4) is 16.9 Å². The van der Waals surface area contributed by atoms with Gasteiger partial charge >= 0.3 is 0 Å². The Labute approximate surface area is 171 Å². The number of carbonyl (C=O) groups excluding carboxylic acids is 1. The summed E-state index contributed by atoms with van der Waals surface area (Å²) in [7, 11) is 0. The minimum absolute atomic E-state index is 0.0347. The first kappa shape index (κ1) is 19.7. The number of nitrogens with one attached hydrogen (secondary N) is 1. The van der Waals surface area contributed by atoms with E-state index in [9.17, 15) is 18.7 Å². The molecular weight excluding hydrogens is 396 g/mol. The predicted molar refractivity (Wildman–Crippen MR) is 109 cm³/mol. The summed E-state index contributed by atoms with van der Waals surface area (Å²) in [5.74, 6) is -2.45. The number of phenolic OH excluding ortho intramolecular Hbond substituents is 1. The van der Waals surface area contributed by atoms with Gasteiger partial charge in [-0.1, -0.05) is 0 Å². The van der Waals surface area contributed by atoms with Crippen LogP contribution in [0.5, 0.6) is 5.75 Å². The lowest BCUT2D eigenvalue weighted by atomic mass is 9.97. The molecule has 5 nitrogen and oxygen atoms in total. The van der Waals surface area contributed by atoms with E-state index >= 15 is 0 Å². The molecule has 0 saturated carbocycles. The van der Waals surface area contributed by atoms with Crippen LogP contribution in [0.15, 0.2) is 30.5 Å². The number of phenols is 1. The van der Waals surface area contributed by atoms with Crippen LogP contribution in [0.1, 0.15) is 31.1 Å². The summed E-state index contributed by atoms with van der Waals surface area (Å²) in [6.07, 6.45) is 1.59. The molecule has 1 aliphatic rings. The minimum Gasteiger partial charge on any atom is -0.508 e. The van der Waals surface area contributed by atoms with Crippen molar-refractivity contribution >= 4 is 27.5 Å². The highest BCUT2D eigenvalue weighted by molar-refractivity contribution is 7.13. The number of carbonyl (C=O) groups is 1. The van der Waals surface area contributed by atoms with Crippen molar-refractivity contribution < 1.29 is 18.7 Å². The highest BCUT2D eigenvalue weighted by Gasteiger charge is 2.33. The van der Waals surface area contributed by atoms with Crippen LogP contribution in [0.3, 0.4) is 0 Å². The summed E-state index contributed by atoms with van der Waals surface area (Å²) in [6, 6.07) is 5.07. The number of nitrogens with zero attached hydrogens (tertiary/aromatic N) is 2. The Morgan fingerprint density at radius 1 is 1.21 bits per heavy atom. The van der Waals surface area contributed by atoms with Gasteiger partial charge in [-0.2, -0.15) is 4.37 Å². The van der Waals surface area contributed by atoms with Gasteiger partial charge < -0.3 is 15.3 Å². The van der Waals surface area contributed by atoms with Crippen molar-refractivity contribution in [1.29, 1.82) is 0 Å². The van der Waals surface area contributed by atoms with Gasteiger partial charge in [-0.15, -0.1) is 0 Å². The third-order valence-corrected chi connectivity index (χ3v) is 6.34. The molecule has 2 N–H and O–H groups in total. The maximum absolute atomic E-state index is 14.5. The smallest absolute Gasteiger partial charge is 0.255 e. The van der Waals surface area contributed by atoms with Gasteiger partial charge in [-0.05, 0) is 50.0 Å². The Balaban J connectivity index is 1.85. The lowest BCUT2D eigenvalue weighted by Crippen LogP contribution is -2.60. The number of hydrogen-bond acceptors (Lipinski definition) is 5. The third-order valence-electron chi connectivity index (χ3n) is 5.49. The molecule has 29 heavy (non-hydrogen) atoms. The molecule has 3 atom stereocenters. The third kappa shape index (κ3) is 3.47. The van der Waals surface area contributed by atoms with E-state index in [1.807, 2.05) is 20.8 Å². The first-order valence-electron chi connectivity index (χ1n) is 9.40. The lowest BCUT2D eigenvalue weighted by Gasteiger charge is -2.42. The second-order valence-electron chi connectivity index (χ2n) is 7.61. The number of piperazine rings is 1. The molecule has 4 rings (SSSR count). The maximum Gasteiger partial charge on any atom is 0.255 e. The fraction of sp³-hybridized carbons (Fsp3) is 0.333. The molecule has 2 heterocycles. The molecule has 1 aromatic heterocycles. The Morgan fingerprint density at radius 2 is 1.90 bits per heavy atom. The number of aromatic nitrogens is 1. The van der Waals surface area contributed by atoms with Gasteiger partial charge in [-0.3, -0.25) is 4.79 Å². The van der Waals surface area contributed by atoms with Crippen LogP contribution in [0.4, 0.5) is 8.78 Å². The summed E-state index contributed by atoms with van der Waals surface area (Å²) in [4.78, 5) is 15.3. The number of fused-ring (bicyclic) bond motifs is 1. The summed E-state index contributed by atoms with van der Waals surface area (Å²) in [5.41, 5.74) is 0.333. The fourth-order valence-electron chi connectivity index (χ4n) is 3.92. The number of hydrogen-bond donors (Lipinski definition) is 2. The number of halogens is 2. The molecule has 1 amide bonds. The summed E-state index contributed by atoms with van der Waals surface area (Å²) in [6.45, 7) is 6.56. The van der Waals surface area contributed by atoms with Crippen molar-refractivity contribution in [2.75, 3.05) is 6.54 Å². The molecule has 0 spiro atoms. The molecule has 3 aromatic rings. The molecule has 1 saturated heterocycles. The van der Waals surface area contributed by atoms with E-state index in [4.69, 9.17) is 0 Å². The number of amides is 1. The van der Waals surface area contributed by atoms with Crippen molar-refractivity contribution in [3.05, 3.63) is 47.7 Å². The first-order valence-corrected chi connectivity index (χ1v) is 10.2. The number of aromatic hydroxyl groups is 1. The van der Waals surface area contributed by atoms with E-state index in [1.54, 1.807) is 17.2 Å². The second-order valence-corrected chi connectivity index (χ2v) is 8.41. The molecule has 0 bridgehead atoms. The molecule has 0 unspecified atom stereocenters. The Bertz CT molecular complexity index is 1080. The largest absolute Gasteiger partial charge is 0.508 e. The average molecular weight is 417 g/mol.